The van der Waals surface area contributed by atoms with E-state index >= 15 is 0 Å². The van der Waals surface area contributed by atoms with Crippen molar-refractivity contribution >= 4 is 6.09 Å². The Morgan fingerprint density at radius 2 is 2.00 bits per heavy atom. The molecule has 2 atom stereocenters. The lowest BCUT2D eigenvalue weighted by Crippen LogP contribution is -2.52. The molecule has 1 aliphatic rings. The fourth-order valence-electron chi connectivity index (χ4n) is 2.16. The number of hydrogen-bond donors (Lipinski definition) is 1. The van der Waals surface area contributed by atoms with Crippen molar-refractivity contribution in [3.8, 4) is 0 Å². The van der Waals surface area contributed by atoms with Gasteiger partial charge in [-0.05, 0) is 41.5 Å². The highest BCUT2D eigenvalue weighted by Gasteiger charge is 2.48. The molecular formula is C12H24N2O3. The molecule has 1 saturated heterocycles. The van der Waals surface area contributed by atoms with Crippen LogP contribution in [0.5, 0.6) is 0 Å². The van der Waals surface area contributed by atoms with E-state index in [2.05, 4.69) is 0 Å². The molecule has 5 nitrogen and oxygen atoms in total. The number of rotatable bonds is 1. The molecule has 1 fully saturated rings. The molecule has 0 spiro atoms. The molecule has 1 heterocycles. The van der Waals surface area contributed by atoms with Gasteiger partial charge >= 0.3 is 6.09 Å². The molecule has 0 aromatic rings. The third kappa shape index (κ3) is 3.10. The van der Waals surface area contributed by atoms with Crippen LogP contribution in [0.15, 0.2) is 0 Å². The summed E-state index contributed by atoms with van der Waals surface area (Å²) in [6, 6.07) is -0.139. The van der Waals surface area contributed by atoms with Gasteiger partial charge in [0.1, 0.15) is 11.3 Å². The third-order valence-corrected chi connectivity index (χ3v) is 2.76. The van der Waals surface area contributed by atoms with Crippen LogP contribution in [-0.2, 0) is 9.47 Å². The van der Waals surface area contributed by atoms with Gasteiger partial charge in [0.15, 0.2) is 0 Å². The Bertz CT molecular complexity index is 297. The average molecular weight is 244 g/mol. The minimum Gasteiger partial charge on any atom is -0.444 e. The summed E-state index contributed by atoms with van der Waals surface area (Å²) in [5, 5.41) is 0. The van der Waals surface area contributed by atoms with Crippen LogP contribution in [0.2, 0.25) is 0 Å². The van der Waals surface area contributed by atoms with Crippen molar-refractivity contribution in [3.05, 3.63) is 0 Å². The van der Waals surface area contributed by atoms with Crippen molar-refractivity contribution in [3.63, 3.8) is 0 Å². The van der Waals surface area contributed by atoms with E-state index in [4.69, 9.17) is 15.2 Å². The molecule has 0 saturated carbocycles. The van der Waals surface area contributed by atoms with Gasteiger partial charge in [-0.2, -0.15) is 0 Å². The van der Waals surface area contributed by atoms with Crippen molar-refractivity contribution in [2.45, 2.75) is 65.0 Å². The minimum absolute atomic E-state index is 0.0810. The molecule has 5 heteroatoms. The van der Waals surface area contributed by atoms with E-state index in [-0.39, 0.29) is 18.2 Å². The monoisotopic (exact) mass is 244 g/mol. The number of nitrogens with two attached hydrogens (primary N) is 1. The Kier molecular flexibility index (Phi) is 3.74. The molecule has 0 unspecified atom stereocenters. The molecule has 17 heavy (non-hydrogen) atoms. The van der Waals surface area contributed by atoms with Crippen LogP contribution in [0.4, 0.5) is 4.79 Å². The Labute approximate surface area is 103 Å². The van der Waals surface area contributed by atoms with Crippen molar-refractivity contribution in [1.29, 1.82) is 0 Å². The van der Waals surface area contributed by atoms with E-state index in [9.17, 15) is 4.79 Å². The van der Waals surface area contributed by atoms with Gasteiger partial charge in [0, 0.05) is 6.54 Å². The Morgan fingerprint density at radius 1 is 1.47 bits per heavy atom. The summed E-state index contributed by atoms with van der Waals surface area (Å²) in [6.07, 6.45) is -0.454. The minimum atomic E-state index is -0.675. The van der Waals surface area contributed by atoms with Gasteiger partial charge in [0.25, 0.3) is 0 Å². The second-order valence-corrected chi connectivity index (χ2v) is 5.92. The zero-order valence-electron chi connectivity index (χ0n) is 11.6. The van der Waals surface area contributed by atoms with Crippen molar-refractivity contribution in [2.75, 3.05) is 6.54 Å². The first-order valence-corrected chi connectivity index (χ1v) is 5.98. The molecular weight excluding hydrogens is 220 g/mol. The SMILES string of the molecule is C[C@@H]1OC(C)(C)N(C(=O)OC(C)(C)C)[C@H]1CN. The standard InChI is InChI=1S/C12H24N2O3/c1-8-9(7-13)14(12(5,6)16-8)10(15)17-11(2,3)4/h8-9H,7,13H2,1-6H3/t8-,9-/m0/s1. The Hall–Kier alpha value is -0.810. The maximum absolute atomic E-state index is 12.2. The first kappa shape index (κ1) is 14.3. The van der Waals surface area contributed by atoms with Crippen LogP contribution in [0.3, 0.4) is 0 Å². The largest absolute Gasteiger partial charge is 0.444 e. The Balaban J connectivity index is 2.89. The summed E-state index contributed by atoms with van der Waals surface area (Å²) >= 11 is 0. The summed E-state index contributed by atoms with van der Waals surface area (Å²) < 4.78 is 11.1. The summed E-state index contributed by atoms with van der Waals surface area (Å²) in [5.41, 5.74) is 4.52. The highest BCUT2D eigenvalue weighted by Crippen LogP contribution is 2.32. The van der Waals surface area contributed by atoms with E-state index < -0.39 is 11.3 Å². The van der Waals surface area contributed by atoms with Gasteiger partial charge in [-0.15, -0.1) is 0 Å². The molecule has 0 aliphatic carbocycles. The number of amides is 1. The predicted molar refractivity (Wildman–Crippen MR) is 65.5 cm³/mol. The molecule has 1 rings (SSSR count). The van der Waals surface area contributed by atoms with Crippen LogP contribution in [-0.4, -0.2) is 41.0 Å². The molecule has 100 valence electrons. The van der Waals surface area contributed by atoms with E-state index in [0.29, 0.717) is 6.54 Å². The van der Waals surface area contributed by atoms with Gasteiger partial charge in [0.2, 0.25) is 0 Å². The third-order valence-electron chi connectivity index (χ3n) is 2.76. The lowest BCUT2D eigenvalue weighted by molar-refractivity contribution is -0.0755. The van der Waals surface area contributed by atoms with Crippen molar-refractivity contribution in [1.82, 2.24) is 4.90 Å². The maximum atomic E-state index is 12.2. The lowest BCUT2D eigenvalue weighted by Gasteiger charge is -2.34. The first-order valence-electron chi connectivity index (χ1n) is 5.98. The van der Waals surface area contributed by atoms with Crippen LogP contribution >= 0.6 is 0 Å². The Morgan fingerprint density at radius 3 is 2.41 bits per heavy atom. The second-order valence-electron chi connectivity index (χ2n) is 5.92. The van der Waals surface area contributed by atoms with Crippen LogP contribution < -0.4 is 5.73 Å². The maximum Gasteiger partial charge on any atom is 0.412 e. The highest BCUT2D eigenvalue weighted by atomic mass is 16.6. The van der Waals surface area contributed by atoms with Gasteiger partial charge < -0.3 is 15.2 Å². The average Bonchev–Trinajstić information content (AvgIpc) is 2.31. The highest BCUT2D eigenvalue weighted by molar-refractivity contribution is 5.70. The van der Waals surface area contributed by atoms with E-state index in [1.165, 1.54) is 0 Å². The predicted octanol–water partition coefficient (Wildman–Crippen LogP) is 1.71. The quantitative estimate of drug-likeness (QED) is 0.762. The molecule has 0 bridgehead atoms. The second kappa shape index (κ2) is 4.46. The smallest absolute Gasteiger partial charge is 0.412 e. The van der Waals surface area contributed by atoms with Crippen LogP contribution in [0.25, 0.3) is 0 Å². The molecule has 1 aliphatic heterocycles. The molecule has 0 radical (unpaired) electrons. The van der Waals surface area contributed by atoms with Crippen LogP contribution in [0.1, 0.15) is 41.5 Å². The molecule has 2 N–H and O–H groups in total. The van der Waals surface area contributed by atoms with Gasteiger partial charge in [-0.3, -0.25) is 4.90 Å². The van der Waals surface area contributed by atoms with Gasteiger partial charge in [0.05, 0.1) is 12.1 Å². The fraction of sp³-hybridized carbons (Fsp3) is 0.917. The number of nitrogens with zero attached hydrogens (tertiary/aromatic N) is 1. The summed E-state index contributed by atoms with van der Waals surface area (Å²) in [6.45, 7) is 11.5. The molecule has 0 aromatic heterocycles. The topological polar surface area (TPSA) is 64.8 Å². The normalized spacial score (nSPS) is 28.3. The van der Waals surface area contributed by atoms with Crippen molar-refractivity contribution < 1.29 is 14.3 Å². The van der Waals surface area contributed by atoms with Crippen molar-refractivity contribution in [2.24, 2.45) is 5.73 Å². The molecule has 1 amide bonds. The van der Waals surface area contributed by atoms with E-state index in [1.807, 2.05) is 41.5 Å². The van der Waals surface area contributed by atoms with Gasteiger partial charge in [-0.25, -0.2) is 4.79 Å². The van der Waals surface area contributed by atoms with Crippen LogP contribution in [0, 0.1) is 0 Å². The zero-order chi connectivity index (χ0) is 13.4. The lowest BCUT2D eigenvalue weighted by atomic mass is 10.1. The van der Waals surface area contributed by atoms with E-state index in [0.717, 1.165) is 0 Å². The zero-order valence-corrected chi connectivity index (χ0v) is 11.6. The van der Waals surface area contributed by atoms with Gasteiger partial charge in [-0.1, -0.05) is 0 Å². The number of carbonyl (C=O) groups excluding carboxylic acids is 1. The first-order chi connectivity index (χ1) is 7.58. The summed E-state index contributed by atoms with van der Waals surface area (Å²) in [4.78, 5) is 13.8. The molecule has 0 aromatic carbocycles. The number of ether oxygens (including phenoxy) is 2. The summed E-state index contributed by atoms with van der Waals surface area (Å²) in [5.74, 6) is 0. The number of carbonyl (C=O) groups is 1. The number of hydrogen-bond acceptors (Lipinski definition) is 4. The summed E-state index contributed by atoms with van der Waals surface area (Å²) in [7, 11) is 0. The fourth-order valence-corrected chi connectivity index (χ4v) is 2.16. The van der Waals surface area contributed by atoms with E-state index in [1.54, 1.807) is 4.90 Å².